The number of carbonyl (C=O) groups is 4. The number of carboxylic acids is 1. The summed E-state index contributed by atoms with van der Waals surface area (Å²) in [7, 11) is 4.39. The van der Waals surface area contributed by atoms with Crippen LogP contribution >= 0.6 is 23.1 Å². The first kappa shape index (κ1) is 29.4. The number of carboxylic acid groups (broad SMARTS) is 1. The Balaban J connectivity index is 0.00000400. The maximum atomic E-state index is 12.9. The number of aromatic nitrogens is 2. The number of rotatable bonds is 8. The van der Waals surface area contributed by atoms with E-state index in [1.165, 1.54) is 47.4 Å². The van der Waals surface area contributed by atoms with Gasteiger partial charge in [0.15, 0.2) is 22.3 Å². The van der Waals surface area contributed by atoms with Crippen LogP contribution in [-0.2, 0) is 19.2 Å². The number of fused-ring (bicyclic) bond motifs is 1. The van der Waals surface area contributed by atoms with Gasteiger partial charge in [0, 0.05) is 31.3 Å². The molecule has 0 saturated carbocycles. The van der Waals surface area contributed by atoms with E-state index >= 15 is 0 Å². The second-order valence-corrected chi connectivity index (χ2v) is 9.86. The number of anilines is 1. The molecule has 17 heteroatoms. The monoisotopic (exact) mass is 569 g/mol. The van der Waals surface area contributed by atoms with Gasteiger partial charge in [-0.3, -0.25) is 19.3 Å². The maximum absolute atomic E-state index is 12.9. The first-order valence-corrected chi connectivity index (χ1v) is 12.4. The largest absolute Gasteiger partial charge is 1.00 e. The molecule has 0 aliphatic carbocycles. The van der Waals surface area contributed by atoms with E-state index in [1.807, 2.05) is 0 Å². The van der Waals surface area contributed by atoms with E-state index in [0.717, 1.165) is 16.2 Å². The third-order valence-corrected chi connectivity index (χ3v) is 7.22. The molecule has 0 spiro atoms. The zero-order valence-electron chi connectivity index (χ0n) is 20.7. The van der Waals surface area contributed by atoms with Crippen molar-refractivity contribution in [1.29, 1.82) is 0 Å². The van der Waals surface area contributed by atoms with Gasteiger partial charge in [-0.2, -0.15) is 0 Å². The number of allylic oxidation sites excluding steroid dienone is 1. The number of thioether (sulfide) groups is 1. The number of carbonyl (C=O) groups excluding carboxylic acids is 4. The maximum Gasteiger partial charge on any atom is 1.00 e. The van der Waals surface area contributed by atoms with E-state index in [0.29, 0.717) is 0 Å². The molecule has 1 saturated heterocycles. The Kier molecular flexibility index (Phi) is 9.37. The molecule has 1 fully saturated rings. The Morgan fingerprint density at radius 2 is 2.08 bits per heavy atom. The minimum absolute atomic E-state index is 0. The summed E-state index contributed by atoms with van der Waals surface area (Å²) in [5.41, 5.74) is 5.67. The molecular formula is C21H20N7NaO7S2. The summed E-state index contributed by atoms with van der Waals surface area (Å²) >= 11 is 2.35. The quantitative estimate of drug-likeness (QED) is 0.136. The molecule has 2 aromatic rings. The zero-order chi connectivity index (χ0) is 26.9. The average Bonchev–Trinajstić information content (AvgIpc) is 3.52. The molecule has 2 aliphatic rings. The van der Waals surface area contributed by atoms with E-state index in [2.05, 4.69) is 20.6 Å². The normalized spacial score (nSPS) is 19.0. The first-order chi connectivity index (χ1) is 17.6. The topological polar surface area (TPSA) is 196 Å². The molecule has 4 rings (SSSR count). The van der Waals surface area contributed by atoms with Gasteiger partial charge >= 0.3 is 29.6 Å². The molecule has 0 bridgehead atoms. The number of nitrogens with one attached hydrogen (secondary N) is 1. The Morgan fingerprint density at radius 3 is 2.68 bits per heavy atom. The number of amides is 3. The van der Waals surface area contributed by atoms with Gasteiger partial charge in [0.05, 0.1) is 11.7 Å². The summed E-state index contributed by atoms with van der Waals surface area (Å²) in [6.45, 7) is 0. The fourth-order valence-corrected chi connectivity index (χ4v) is 5.41. The van der Waals surface area contributed by atoms with E-state index in [9.17, 15) is 24.3 Å². The summed E-state index contributed by atoms with van der Waals surface area (Å²) in [6, 6.07) is 0.399. The van der Waals surface area contributed by atoms with Crippen molar-refractivity contribution < 1.29 is 63.2 Å². The number of β-lactam (4-membered cyclic amide) rings is 1. The van der Waals surface area contributed by atoms with Crippen molar-refractivity contribution in [3.8, 4) is 0 Å². The molecule has 3 amide bonds. The van der Waals surface area contributed by atoms with Crippen LogP contribution in [0.15, 0.2) is 38.5 Å². The SMILES string of the molecule is CO/N=C(\C(=O)N[C@@H]1C(=O)N2C(C(=O)[O-])=C(/C=C\c3cc(C(=O)N(C)C)no3)CS[C@H]12)c1csc(N)n1.[Na+]. The number of thiazole rings is 1. The molecule has 3 N–H and O–H groups in total. The number of aliphatic carboxylic acids is 1. The van der Waals surface area contributed by atoms with Gasteiger partial charge in [0.2, 0.25) is 0 Å². The van der Waals surface area contributed by atoms with Crippen molar-refractivity contribution >= 4 is 63.7 Å². The van der Waals surface area contributed by atoms with Crippen molar-refractivity contribution in [3.63, 3.8) is 0 Å². The number of hydrogen-bond acceptors (Lipinski definition) is 13. The standard InChI is InChI=1S/C21H21N7O7S2.Na/c1-27(2)17(30)11-6-10(35-25-11)5-4-9-7-36-19-14(18(31)28(19)15(9)20(32)33)24-16(29)13(26-34-3)12-8-37-21(22)23-12;/h4-6,8,14,19H,7H2,1-3H3,(H2,22,23)(H,24,29)(H,32,33);/q;+1/p-1/b5-4-,26-13-;/t14-,19-;/m1./s1. The van der Waals surface area contributed by atoms with Crippen LogP contribution in [0, 0.1) is 0 Å². The average molecular weight is 570 g/mol. The van der Waals surface area contributed by atoms with Crippen LogP contribution in [0.25, 0.3) is 6.08 Å². The molecule has 4 heterocycles. The summed E-state index contributed by atoms with van der Waals surface area (Å²) in [6.07, 6.45) is 2.89. The Bertz CT molecular complexity index is 1370. The van der Waals surface area contributed by atoms with E-state index < -0.39 is 29.2 Å². The van der Waals surface area contributed by atoms with Crippen LogP contribution in [0.1, 0.15) is 21.9 Å². The second-order valence-electron chi connectivity index (χ2n) is 7.86. The summed E-state index contributed by atoms with van der Waals surface area (Å²) in [4.78, 5) is 60.8. The number of hydrogen-bond donors (Lipinski definition) is 2. The molecule has 2 aliphatic heterocycles. The van der Waals surface area contributed by atoms with Gasteiger partial charge in [0.1, 0.15) is 24.2 Å². The fraction of sp³-hybridized carbons (Fsp3) is 0.286. The molecule has 14 nitrogen and oxygen atoms in total. The van der Waals surface area contributed by atoms with Gasteiger partial charge < -0.3 is 35.2 Å². The third kappa shape index (κ3) is 5.78. The van der Waals surface area contributed by atoms with Gasteiger partial charge in [-0.1, -0.05) is 16.4 Å². The minimum Gasteiger partial charge on any atom is -0.543 e. The Hall–Kier alpha value is -3.18. The Labute approximate surface area is 246 Å². The Morgan fingerprint density at radius 1 is 1.34 bits per heavy atom. The van der Waals surface area contributed by atoms with E-state index in [4.69, 9.17) is 15.1 Å². The van der Waals surface area contributed by atoms with Gasteiger partial charge in [-0.05, 0) is 11.6 Å². The molecule has 0 unspecified atom stereocenters. The smallest absolute Gasteiger partial charge is 0.543 e. The number of nitrogen functional groups attached to an aromatic ring is 1. The van der Waals surface area contributed by atoms with Crippen LogP contribution in [0.3, 0.4) is 0 Å². The number of nitrogens with zero attached hydrogens (tertiary/aromatic N) is 5. The molecule has 2 atom stereocenters. The predicted molar refractivity (Wildman–Crippen MR) is 131 cm³/mol. The van der Waals surface area contributed by atoms with Crippen molar-refractivity contribution in [2.75, 3.05) is 32.7 Å². The second kappa shape index (κ2) is 12.1. The molecule has 2 aromatic heterocycles. The van der Waals surface area contributed by atoms with Crippen molar-refractivity contribution in [3.05, 3.63) is 45.9 Å². The van der Waals surface area contributed by atoms with Crippen LogP contribution in [0.2, 0.25) is 0 Å². The van der Waals surface area contributed by atoms with Gasteiger partial charge in [0.25, 0.3) is 17.7 Å². The van der Waals surface area contributed by atoms with Gasteiger partial charge in [-0.25, -0.2) is 4.98 Å². The van der Waals surface area contributed by atoms with Crippen molar-refractivity contribution in [1.82, 2.24) is 25.3 Å². The van der Waals surface area contributed by atoms with Crippen molar-refractivity contribution in [2.45, 2.75) is 11.4 Å². The predicted octanol–water partition coefficient (Wildman–Crippen LogP) is -4.11. The van der Waals surface area contributed by atoms with Crippen LogP contribution < -0.4 is 45.7 Å². The van der Waals surface area contributed by atoms with E-state index in [-0.39, 0.29) is 80.5 Å². The number of nitrogens with two attached hydrogens (primary N) is 1. The zero-order valence-corrected chi connectivity index (χ0v) is 24.3. The molecular weight excluding hydrogens is 549 g/mol. The summed E-state index contributed by atoms with van der Waals surface area (Å²) in [5.74, 6) is -2.86. The molecule has 38 heavy (non-hydrogen) atoms. The van der Waals surface area contributed by atoms with Crippen molar-refractivity contribution in [2.24, 2.45) is 5.16 Å². The van der Waals surface area contributed by atoms with Crippen LogP contribution in [0.4, 0.5) is 5.13 Å². The van der Waals surface area contributed by atoms with Crippen LogP contribution in [0.5, 0.6) is 0 Å². The fourth-order valence-electron chi connectivity index (χ4n) is 3.54. The first-order valence-electron chi connectivity index (χ1n) is 10.5. The summed E-state index contributed by atoms with van der Waals surface area (Å²) in [5, 5.41) is 22.9. The number of oxime groups is 1. The van der Waals surface area contributed by atoms with Crippen LogP contribution in [-0.4, -0.2) is 87.7 Å². The van der Waals surface area contributed by atoms with Gasteiger partial charge in [-0.15, -0.1) is 23.1 Å². The van der Waals surface area contributed by atoms with E-state index in [1.54, 1.807) is 14.1 Å². The molecule has 0 radical (unpaired) electrons. The summed E-state index contributed by atoms with van der Waals surface area (Å²) < 4.78 is 5.11. The molecule has 194 valence electrons. The molecule has 0 aromatic carbocycles. The minimum atomic E-state index is -1.55. The third-order valence-electron chi connectivity index (χ3n) is 5.24.